The maximum absolute atomic E-state index is 14.7. The first kappa shape index (κ1) is 27.9. The van der Waals surface area contributed by atoms with Gasteiger partial charge in [0.25, 0.3) is 0 Å². The Hall–Kier alpha value is -4.11. The highest BCUT2D eigenvalue weighted by atomic mass is 32.1. The minimum atomic E-state index is -4.81. The van der Waals surface area contributed by atoms with Crippen molar-refractivity contribution in [2.75, 3.05) is 23.5 Å². The van der Waals surface area contributed by atoms with Crippen molar-refractivity contribution in [3.05, 3.63) is 77.6 Å². The average molecular weight is 558 g/mol. The molecule has 0 N–H and O–H groups in total. The van der Waals surface area contributed by atoms with E-state index in [2.05, 4.69) is 9.97 Å². The minimum Gasteiger partial charge on any atom is -0.490 e. The molecule has 1 saturated carbocycles. The van der Waals surface area contributed by atoms with E-state index in [1.54, 1.807) is 18.5 Å². The molecule has 1 aliphatic rings. The third kappa shape index (κ3) is 5.83. The Balaban J connectivity index is 1.66. The monoisotopic (exact) mass is 557 g/mol. The van der Waals surface area contributed by atoms with Crippen molar-refractivity contribution in [1.29, 1.82) is 5.26 Å². The molecule has 202 valence electrons. The van der Waals surface area contributed by atoms with Crippen molar-refractivity contribution >= 4 is 35.0 Å². The van der Waals surface area contributed by atoms with Crippen molar-refractivity contribution < 1.29 is 27.1 Å². The normalized spacial score (nSPS) is 14.1. The van der Waals surface area contributed by atoms with Gasteiger partial charge in [0.15, 0.2) is 22.4 Å². The van der Waals surface area contributed by atoms with E-state index in [9.17, 15) is 22.4 Å². The number of thiocarbonyl (C=S) groups is 1. The van der Waals surface area contributed by atoms with E-state index in [1.165, 1.54) is 41.1 Å². The summed E-state index contributed by atoms with van der Waals surface area (Å²) in [5.74, 6) is -0.685. The molecular formula is C27H23F4N5O2S. The van der Waals surface area contributed by atoms with Crippen LogP contribution < -0.4 is 14.5 Å². The molecule has 2 heterocycles. The van der Waals surface area contributed by atoms with E-state index in [-0.39, 0.29) is 23.2 Å². The number of aromatic nitrogens is 2. The number of pyridine rings is 2. The topological polar surface area (TPSA) is 82.3 Å². The zero-order chi connectivity index (χ0) is 28.2. The fourth-order valence-corrected chi connectivity index (χ4v) is 4.65. The van der Waals surface area contributed by atoms with Crippen LogP contribution in [-0.2, 0) is 17.4 Å². The molecule has 0 bridgehead atoms. The molecule has 0 unspecified atom stereocenters. The van der Waals surface area contributed by atoms with Gasteiger partial charge in [0, 0.05) is 37.6 Å². The van der Waals surface area contributed by atoms with Gasteiger partial charge in [-0.15, -0.1) is 0 Å². The molecule has 4 rings (SSSR count). The molecule has 7 nitrogen and oxygen atoms in total. The third-order valence-corrected chi connectivity index (χ3v) is 7.03. The number of hydrogen-bond acceptors (Lipinski definition) is 6. The van der Waals surface area contributed by atoms with Crippen molar-refractivity contribution in [2.24, 2.45) is 0 Å². The second kappa shape index (κ2) is 11.3. The highest BCUT2D eigenvalue weighted by molar-refractivity contribution is 7.80. The molecule has 1 fully saturated rings. The van der Waals surface area contributed by atoms with E-state index < -0.39 is 28.8 Å². The Morgan fingerprint density at radius 1 is 1.23 bits per heavy atom. The van der Waals surface area contributed by atoms with Gasteiger partial charge in [-0.25, -0.2) is 9.37 Å². The second-order valence-corrected chi connectivity index (χ2v) is 9.39. The molecule has 39 heavy (non-hydrogen) atoms. The molecule has 0 spiro atoms. The molecule has 1 aliphatic carbocycles. The molecule has 0 radical (unpaired) electrons. The fraction of sp³-hybridized carbons (Fsp3) is 0.296. The van der Waals surface area contributed by atoms with Gasteiger partial charge in [-0.2, -0.15) is 18.4 Å². The van der Waals surface area contributed by atoms with Crippen molar-refractivity contribution in [3.63, 3.8) is 0 Å². The SMILES string of the molecule is CN(C(=S)N(c1ccc(F)c(OCCc2cccnc2)c1)C1(C=O)CCC1)c1cnc(C#N)c(C(F)(F)F)c1. The van der Waals surface area contributed by atoms with Crippen LogP contribution in [0.15, 0.2) is 55.0 Å². The third-order valence-electron chi connectivity index (χ3n) is 6.58. The summed E-state index contributed by atoms with van der Waals surface area (Å²) >= 11 is 5.68. The molecule has 1 aromatic carbocycles. The molecule has 0 atom stereocenters. The minimum absolute atomic E-state index is 0.00523. The molecule has 0 aliphatic heterocycles. The molecule has 2 aromatic heterocycles. The van der Waals surface area contributed by atoms with Crippen LogP contribution >= 0.6 is 12.2 Å². The van der Waals surface area contributed by atoms with Gasteiger partial charge in [-0.05, 0) is 61.3 Å². The number of aldehydes is 1. The van der Waals surface area contributed by atoms with Gasteiger partial charge in [0.1, 0.15) is 17.9 Å². The van der Waals surface area contributed by atoms with Crippen molar-refractivity contribution in [1.82, 2.24) is 9.97 Å². The van der Waals surface area contributed by atoms with Gasteiger partial charge in [-0.1, -0.05) is 6.07 Å². The maximum Gasteiger partial charge on any atom is 0.419 e. The Morgan fingerprint density at radius 2 is 2.00 bits per heavy atom. The summed E-state index contributed by atoms with van der Waals surface area (Å²) in [5.41, 5.74) is -1.83. The Morgan fingerprint density at radius 3 is 2.59 bits per heavy atom. The molecule has 12 heteroatoms. The fourth-order valence-electron chi connectivity index (χ4n) is 4.26. The Labute approximate surface area is 227 Å². The number of alkyl halides is 3. The van der Waals surface area contributed by atoms with Crippen LogP contribution in [0.3, 0.4) is 0 Å². The van der Waals surface area contributed by atoms with E-state index in [0.29, 0.717) is 24.9 Å². The quantitative estimate of drug-likeness (QED) is 0.205. The number of rotatable bonds is 8. The first-order chi connectivity index (χ1) is 18.6. The smallest absolute Gasteiger partial charge is 0.419 e. The first-order valence-electron chi connectivity index (χ1n) is 11.9. The van der Waals surface area contributed by atoms with Crippen LogP contribution in [0, 0.1) is 17.1 Å². The van der Waals surface area contributed by atoms with E-state index in [0.717, 1.165) is 30.5 Å². The number of halogens is 4. The van der Waals surface area contributed by atoms with Gasteiger partial charge in [0.2, 0.25) is 0 Å². The number of carbonyl (C=O) groups is 1. The lowest BCUT2D eigenvalue weighted by Gasteiger charge is -2.48. The van der Waals surface area contributed by atoms with Crippen molar-refractivity contribution in [3.8, 4) is 11.8 Å². The number of ether oxygens (including phenoxy) is 1. The van der Waals surface area contributed by atoms with Gasteiger partial charge in [0.05, 0.1) is 24.1 Å². The summed E-state index contributed by atoms with van der Waals surface area (Å²) in [7, 11) is 1.44. The first-order valence-corrected chi connectivity index (χ1v) is 12.3. The zero-order valence-electron chi connectivity index (χ0n) is 20.8. The van der Waals surface area contributed by atoms with E-state index in [4.69, 9.17) is 22.2 Å². The van der Waals surface area contributed by atoms with Crippen LogP contribution in [0.25, 0.3) is 0 Å². The Kier molecular flexibility index (Phi) is 8.11. The number of nitriles is 1. The van der Waals surface area contributed by atoms with Crippen LogP contribution in [0.4, 0.5) is 28.9 Å². The molecule has 0 saturated heterocycles. The predicted octanol–water partition coefficient (Wildman–Crippen LogP) is 5.48. The van der Waals surface area contributed by atoms with Crippen molar-refractivity contribution in [2.45, 2.75) is 37.4 Å². The molecule has 0 amide bonds. The highest BCUT2D eigenvalue weighted by Gasteiger charge is 2.46. The highest BCUT2D eigenvalue weighted by Crippen LogP contribution is 2.42. The average Bonchev–Trinajstić information content (AvgIpc) is 2.91. The second-order valence-electron chi connectivity index (χ2n) is 9.03. The lowest BCUT2D eigenvalue weighted by Crippen LogP contribution is -2.60. The van der Waals surface area contributed by atoms with Crippen LogP contribution in [0.1, 0.15) is 36.1 Å². The van der Waals surface area contributed by atoms with Crippen LogP contribution in [0.5, 0.6) is 5.75 Å². The zero-order valence-corrected chi connectivity index (χ0v) is 21.6. The number of nitrogens with zero attached hydrogens (tertiary/aromatic N) is 5. The summed E-state index contributed by atoms with van der Waals surface area (Å²) in [5, 5.41) is 9.06. The van der Waals surface area contributed by atoms with E-state index in [1.807, 2.05) is 6.07 Å². The lowest BCUT2D eigenvalue weighted by atomic mass is 9.76. The summed E-state index contributed by atoms with van der Waals surface area (Å²) in [6.45, 7) is 0.159. The largest absolute Gasteiger partial charge is 0.490 e. The summed E-state index contributed by atoms with van der Waals surface area (Å²) in [4.78, 5) is 22.8. The standard InChI is InChI=1S/C27H23F4N5O2S/c1-35(20-12-21(27(29,30)31)23(14-32)34-16-20)25(39)36(26(17-37)8-3-9-26)19-5-6-22(28)24(13-19)38-11-7-18-4-2-10-33-15-18/h2,4-6,10,12-13,15-17H,3,7-9,11H2,1H3. The predicted molar refractivity (Wildman–Crippen MR) is 140 cm³/mol. The number of hydrogen-bond donors (Lipinski definition) is 0. The molecule has 3 aromatic rings. The lowest BCUT2D eigenvalue weighted by molar-refractivity contribution is -0.138. The van der Waals surface area contributed by atoms with Gasteiger partial charge >= 0.3 is 6.18 Å². The number of carbonyl (C=O) groups excluding carboxylic acids is 1. The van der Waals surface area contributed by atoms with Crippen LogP contribution in [0.2, 0.25) is 0 Å². The van der Waals surface area contributed by atoms with Crippen LogP contribution in [-0.4, -0.2) is 40.6 Å². The summed E-state index contributed by atoms with van der Waals surface area (Å²) in [6, 6.07) is 9.91. The number of anilines is 2. The molecular weight excluding hydrogens is 534 g/mol. The van der Waals surface area contributed by atoms with E-state index >= 15 is 0 Å². The van der Waals surface area contributed by atoms with Gasteiger partial charge in [-0.3, -0.25) is 4.98 Å². The van der Waals surface area contributed by atoms with Gasteiger partial charge < -0.3 is 19.3 Å². The maximum atomic E-state index is 14.7. The number of benzene rings is 1. The Bertz CT molecular complexity index is 1410. The summed E-state index contributed by atoms with van der Waals surface area (Å²) < 4.78 is 61.0. The summed E-state index contributed by atoms with van der Waals surface area (Å²) in [6.07, 6.45) is 2.46.